The van der Waals surface area contributed by atoms with Crippen LogP contribution in [-0.2, 0) is 5.54 Å². The number of nitro groups is 1. The van der Waals surface area contributed by atoms with Gasteiger partial charge in [0.1, 0.15) is 6.33 Å². The highest BCUT2D eigenvalue weighted by atomic mass is 35.5. The van der Waals surface area contributed by atoms with Crippen LogP contribution in [0.5, 0.6) is 0 Å². The van der Waals surface area contributed by atoms with E-state index in [2.05, 4.69) is 10.2 Å². The minimum Gasteiger partial charge on any atom is -0.308 e. The van der Waals surface area contributed by atoms with E-state index in [1.807, 2.05) is 20.8 Å². The van der Waals surface area contributed by atoms with Crippen LogP contribution in [0.1, 0.15) is 20.8 Å². The van der Waals surface area contributed by atoms with Gasteiger partial charge in [-0.25, -0.2) is 0 Å². The van der Waals surface area contributed by atoms with Gasteiger partial charge in [-0.1, -0.05) is 11.6 Å². The van der Waals surface area contributed by atoms with Crippen LogP contribution < -0.4 is 0 Å². The first kappa shape index (κ1) is 13.5. The van der Waals surface area contributed by atoms with E-state index in [0.29, 0.717) is 16.4 Å². The van der Waals surface area contributed by atoms with Gasteiger partial charge in [-0.3, -0.25) is 10.1 Å². The van der Waals surface area contributed by atoms with Crippen molar-refractivity contribution in [2.75, 3.05) is 0 Å². The Labute approximate surface area is 115 Å². The summed E-state index contributed by atoms with van der Waals surface area (Å²) < 4.78 is 1.79. The van der Waals surface area contributed by atoms with Gasteiger partial charge in [-0.15, -0.1) is 10.2 Å². The average Bonchev–Trinajstić information content (AvgIpc) is 2.77. The average molecular weight is 281 g/mol. The maximum atomic E-state index is 11.1. The van der Waals surface area contributed by atoms with Gasteiger partial charge in [0.25, 0.3) is 5.69 Å². The highest BCUT2D eigenvalue weighted by molar-refractivity contribution is 6.30. The summed E-state index contributed by atoms with van der Waals surface area (Å²) in [7, 11) is 0. The van der Waals surface area contributed by atoms with E-state index < -0.39 is 4.92 Å². The molecule has 0 amide bonds. The SMILES string of the molecule is CC(C)(C)n1cnnc1-c1ccc(Cl)cc1[N+](=O)[O-]. The molecule has 0 aliphatic rings. The predicted octanol–water partition coefficient (Wildman–Crippen LogP) is 3.26. The van der Waals surface area contributed by atoms with Crippen LogP contribution in [0.3, 0.4) is 0 Å². The Morgan fingerprint density at radius 2 is 2.05 bits per heavy atom. The zero-order valence-corrected chi connectivity index (χ0v) is 11.5. The molecule has 0 saturated carbocycles. The van der Waals surface area contributed by atoms with Crippen LogP contribution >= 0.6 is 11.6 Å². The van der Waals surface area contributed by atoms with E-state index >= 15 is 0 Å². The molecular formula is C12H13ClN4O2. The van der Waals surface area contributed by atoms with Gasteiger partial charge < -0.3 is 4.57 Å². The summed E-state index contributed by atoms with van der Waals surface area (Å²) >= 11 is 5.80. The molecule has 0 unspecified atom stereocenters. The fourth-order valence-corrected chi connectivity index (χ4v) is 1.92. The molecule has 0 N–H and O–H groups in total. The lowest BCUT2D eigenvalue weighted by Gasteiger charge is -2.22. The maximum Gasteiger partial charge on any atom is 0.281 e. The van der Waals surface area contributed by atoms with Gasteiger partial charge in [0, 0.05) is 16.6 Å². The Bertz CT molecular complexity index is 631. The Morgan fingerprint density at radius 3 is 2.63 bits per heavy atom. The summed E-state index contributed by atoms with van der Waals surface area (Å²) in [5.74, 6) is 0.455. The molecule has 1 aromatic heterocycles. The van der Waals surface area contributed by atoms with Crippen LogP contribution in [-0.4, -0.2) is 19.7 Å². The van der Waals surface area contributed by atoms with E-state index in [9.17, 15) is 10.1 Å². The Hall–Kier alpha value is -1.95. The number of nitro benzene ring substituents is 1. The lowest BCUT2D eigenvalue weighted by molar-refractivity contribution is -0.384. The van der Waals surface area contributed by atoms with Gasteiger partial charge in [-0.05, 0) is 32.9 Å². The lowest BCUT2D eigenvalue weighted by Crippen LogP contribution is -2.22. The number of hydrogen-bond donors (Lipinski definition) is 0. The molecule has 2 rings (SSSR count). The second-order valence-electron chi connectivity index (χ2n) is 5.11. The van der Waals surface area contributed by atoms with Gasteiger partial charge >= 0.3 is 0 Å². The molecule has 19 heavy (non-hydrogen) atoms. The van der Waals surface area contributed by atoms with Crippen molar-refractivity contribution >= 4 is 17.3 Å². The smallest absolute Gasteiger partial charge is 0.281 e. The molecule has 1 heterocycles. The Morgan fingerprint density at radius 1 is 1.37 bits per heavy atom. The van der Waals surface area contributed by atoms with E-state index in [1.165, 1.54) is 6.07 Å². The molecule has 0 saturated heterocycles. The minimum absolute atomic E-state index is 0.0778. The predicted molar refractivity (Wildman–Crippen MR) is 72.1 cm³/mol. The zero-order chi connectivity index (χ0) is 14.2. The Balaban J connectivity index is 2.67. The summed E-state index contributed by atoms with van der Waals surface area (Å²) in [4.78, 5) is 10.7. The van der Waals surface area contributed by atoms with Crippen LogP contribution in [0.2, 0.25) is 5.02 Å². The molecule has 0 fully saturated rings. The number of halogens is 1. The summed E-state index contributed by atoms with van der Waals surface area (Å²) in [6.07, 6.45) is 1.56. The van der Waals surface area contributed by atoms with Gasteiger partial charge in [0.05, 0.1) is 10.5 Å². The molecule has 2 aromatic rings. The summed E-state index contributed by atoms with van der Waals surface area (Å²) in [5, 5.41) is 19.3. The fourth-order valence-electron chi connectivity index (χ4n) is 1.75. The van der Waals surface area contributed by atoms with Crippen molar-refractivity contribution in [3.05, 3.63) is 39.7 Å². The molecular weight excluding hydrogens is 268 g/mol. The van der Waals surface area contributed by atoms with Crippen LogP contribution in [0.4, 0.5) is 5.69 Å². The molecule has 0 radical (unpaired) electrons. The first-order valence-corrected chi connectivity index (χ1v) is 6.03. The third kappa shape index (κ3) is 2.58. The molecule has 100 valence electrons. The standard InChI is InChI=1S/C12H13ClN4O2/c1-12(2,3)16-7-14-15-11(16)9-5-4-8(13)6-10(9)17(18)19/h4-7H,1-3H3. The van der Waals surface area contributed by atoms with Crippen molar-refractivity contribution in [2.24, 2.45) is 0 Å². The monoisotopic (exact) mass is 280 g/mol. The highest BCUT2D eigenvalue weighted by Crippen LogP contribution is 2.32. The topological polar surface area (TPSA) is 73.8 Å². The third-order valence-electron chi connectivity index (χ3n) is 2.67. The molecule has 0 atom stereocenters. The second-order valence-corrected chi connectivity index (χ2v) is 5.55. The van der Waals surface area contributed by atoms with Gasteiger partial charge in [-0.2, -0.15) is 0 Å². The first-order valence-electron chi connectivity index (χ1n) is 5.65. The van der Waals surface area contributed by atoms with E-state index in [0.717, 1.165) is 0 Å². The van der Waals surface area contributed by atoms with E-state index in [4.69, 9.17) is 11.6 Å². The summed E-state index contributed by atoms with van der Waals surface area (Å²) in [6.45, 7) is 5.92. The number of benzene rings is 1. The molecule has 0 bridgehead atoms. The molecule has 0 aliphatic heterocycles. The zero-order valence-electron chi connectivity index (χ0n) is 10.8. The molecule has 7 heteroatoms. The van der Waals surface area contributed by atoms with Crippen molar-refractivity contribution < 1.29 is 4.92 Å². The van der Waals surface area contributed by atoms with Crippen molar-refractivity contribution in [3.8, 4) is 11.4 Å². The van der Waals surface area contributed by atoms with Crippen molar-refractivity contribution in [2.45, 2.75) is 26.3 Å². The lowest BCUT2D eigenvalue weighted by atomic mass is 10.1. The molecule has 6 nitrogen and oxygen atoms in total. The molecule has 1 aromatic carbocycles. The van der Waals surface area contributed by atoms with Crippen molar-refractivity contribution in [1.29, 1.82) is 0 Å². The maximum absolute atomic E-state index is 11.1. The number of hydrogen-bond acceptors (Lipinski definition) is 4. The number of rotatable bonds is 2. The summed E-state index contributed by atoms with van der Waals surface area (Å²) in [6, 6.07) is 4.51. The third-order valence-corrected chi connectivity index (χ3v) is 2.90. The van der Waals surface area contributed by atoms with Gasteiger partial charge in [0.2, 0.25) is 0 Å². The second kappa shape index (κ2) is 4.62. The van der Waals surface area contributed by atoms with Crippen molar-refractivity contribution in [1.82, 2.24) is 14.8 Å². The molecule has 0 spiro atoms. The van der Waals surface area contributed by atoms with E-state index in [1.54, 1.807) is 23.0 Å². The quantitative estimate of drug-likeness (QED) is 0.625. The van der Waals surface area contributed by atoms with E-state index in [-0.39, 0.29) is 11.2 Å². The van der Waals surface area contributed by atoms with Gasteiger partial charge in [0.15, 0.2) is 5.82 Å². The largest absolute Gasteiger partial charge is 0.308 e. The minimum atomic E-state index is -0.469. The highest BCUT2D eigenvalue weighted by Gasteiger charge is 2.24. The Kier molecular flexibility index (Phi) is 3.28. The number of aromatic nitrogens is 3. The van der Waals surface area contributed by atoms with Crippen LogP contribution in [0.15, 0.2) is 24.5 Å². The van der Waals surface area contributed by atoms with Crippen LogP contribution in [0, 0.1) is 10.1 Å². The first-order chi connectivity index (χ1) is 8.80. The van der Waals surface area contributed by atoms with Crippen LogP contribution in [0.25, 0.3) is 11.4 Å². The molecule has 0 aliphatic carbocycles. The summed E-state index contributed by atoms with van der Waals surface area (Å²) in [5.41, 5.74) is 0.0552. The van der Waals surface area contributed by atoms with Crippen molar-refractivity contribution in [3.63, 3.8) is 0 Å². The number of nitrogens with zero attached hydrogens (tertiary/aromatic N) is 4. The fraction of sp³-hybridized carbons (Fsp3) is 0.333. The normalized spacial score (nSPS) is 11.6.